The van der Waals surface area contributed by atoms with Crippen LogP contribution in [0, 0.1) is 13.8 Å². The molecule has 5 heteroatoms. The molecule has 22 heavy (non-hydrogen) atoms. The van der Waals surface area contributed by atoms with E-state index < -0.39 is 23.6 Å². The zero-order valence-corrected chi connectivity index (χ0v) is 13.6. The lowest BCUT2D eigenvalue weighted by molar-refractivity contribution is -0.138. The average Bonchev–Trinajstić information content (AvgIpc) is 2.45. The van der Waals surface area contributed by atoms with Crippen molar-refractivity contribution < 1.29 is 24.2 Å². The molecule has 0 aromatic heterocycles. The van der Waals surface area contributed by atoms with Crippen LogP contribution in [-0.2, 0) is 14.3 Å². The number of aryl methyl sites for hydroxylation is 2. The van der Waals surface area contributed by atoms with Gasteiger partial charge in [0.1, 0.15) is 11.3 Å². The average molecular weight is 306 g/mol. The van der Waals surface area contributed by atoms with Gasteiger partial charge in [0.2, 0.25) is 0 Å². The SMILES string of the molecule is CCC(Oc1ccc(C)cc1C)C(O)=C(C(C)=O)C(=O)OC. The van der Waals surface area contributed by atoms with Crippen molar-refractivity contribution in [1.29, 1.82) is 0 Å². The van der Waals surface area contributed by atoms with Crippen molar-refractivity contribution in [2.45, 2.75) is 40.2 Å². The number of Topliss-reactive ketones (excluding diaryl/α,β-unsaturated/α-hetero) is 1. The second-order valence-corrected chi connectivity index (χ2v) is 5.09. The summed E-state index contributed by atoms with van der Waals surface area (Å²) in [6.07, 6.45) is -0.396. The summed E-state index contributed by atoms with van der Waals surface area (Å²) in [4.78, 5) is 23.3. The molecular weight excluding hydrogens is 284 g/mol. The lowest BCUT2D eigenvalue weighted by atomic mass is 10.1. The largest absolute Gasteiger partial charge is 0.507 e. The molecule has 1 atom stereocenters. The fourth-order valence-corrected chi connectivity index (χ4v) is 2.11. The Hall–Kier alpha value is -2.30. The first-order chi connectivity index (χ1) is 10.3. The van der Waals surface area contributed by atoms with Gasteiger partial charge in [0.05, 0.1) is 7.11 Å². The number of hydrogen-bond donors (Lipinski definition) is 1. The summed E-state index contributed by atoms with van der Waals surface area (Å²) < 4.78 is 10.3. The molecule has 0 heterocycles. The number of esters is 1. The van der Waals surface area contributed by atoms with Gasteiger partial charge in [-0.25, -0.2) is 4.79 Å². The van der Waals surface area contributed by atoms with E-state index in [1.165, 1.54) is 6.92 Å². The van der Waals surface area contributed by atoms with Gasteiger partial charge >= 0.3 is 5.97 Å². The molecule has 1 rings (SSSR count). The smallest absolute Gasteiger partial charge is 0.345 e. The van der Waals surface area contributed by atoms with E-state index in [4.69, 9.17) is 4.74 Å². The van der Waals surface area contributed by atoms with Crippen LogP contribution in [0.5, 0.6) is 5.75 Å². The van der Waals surface area contributed by atoms with Gasteiger partial charge in [0.15, 0.2) is 17.6 Å². The molecule has 1 aromatic carbocycles. The molecule has 1 aromatic rings. The lowest BCUT2D eigenvalue weighted by Gasteiger charge is -2.20. The third kappa shape index (κ3) is 4.10. The highest BCUT2D eigenvalue weighted by molar-refractivity contribution is 6.16. The molecule has 1 unspecified atom stereocenters. The van der Waals surface area contributed by atoms with Gasteiger partial charge < -0.3 is 14.6 Å². The Balaban J connectivity index is 3.18. The first kappa shape index (κ1) is 17.8. The van der Waals surface area contributed by atoms with E-state index in [0.29, 0.717) is 12.2 Å². The molecule has 0 spiro atoms. The fourth-order valence-electron chi connectivity index (χ4n) is 2.11. The molecule has 0 radical (unpaired) electrons. The summed E-state index contributed by atoms with van der Waals surface area (Å²) in [6.45, 7) is 6.85. The minimum atomic E-state index is -0.868. The van der Waals surface area contributed by atoms with Gasteiger partial charge in [0, 0.05) is 0 Å². The maximum atomic E-state index is 11.7. The number of ether oxygens (including phenoxy) is 2. The van der Waals surface area contributed by atoms with Crippen LogP contribution < -0.4 is 4.74 Å². The molecule has 0 bridgehead atoms. The molecule has 0 aliphatic heterocycles. The Morgan fingerprint density at radius 3 is 2.36 bits per heavy atom. The van der Waals surface area contributed by atoms with Crippen molar-refractivity contribution in [2.75, 3.05) is 7.11 Å². The second-order valence-electron chi connectivity index (χ2n) is 5.09. The number of carbonyl (C=O) groups is 2. The number of rotatable bonds is 6. The van der Waals surface area contributed by atoms with E-state index >= 15 is 0 Å². The number of aliphatic hydroxyl groups excluding tert-OH is 1. The van der Waals surface area contributed by atoms with Crippen LogP contribution in [0.2, 0.25) is 0 Å². The van der Waals surface area contributed by atoms with Crippen LogP contribution in [0.4, 0.5) is 0 Å². The van der Waals surface area contributed by atoms with Gasteiger partial charge in [-0.05, 0) is 38.8 Å². The minimum Gasteiger partial charge on any atom is -0.507 e. The number of hydrogen-bond acceptors (Lipinski definition) is 5. The fraction of sp³-hybridized carbons (Fsp3) is 0.412. The van der Waals surface area contributed by atoms with Gasteiger partial charge in [-0.1, -0.05) is 24.6 Å². The monoisotopic (exact) mass is 306 g/mol. The van der Waals surface area contributed by atoms with Crippen molar-refractivity contribution in [1.82, 2.24) is 0 Å². The van der Waals surface area contributed by atoms with E-state index in [1.807, 2.05) is 26.0 Å². The molecule has 0 fully saturated rings. The standard InChI is InChI=1S/C17H22O5/c1-6-13(16(19)15(12(4)18)17(20)21-5)22-14-8-7-10(2)9-11(14)3/h7-9,13,19H,6H2,1-5H3. The molecule has 0 aliphatic rings. The van der Waals surface area contributed by atoms with E-state index in [1.54, 1.807) is 13.0 Å². The number of carbonyl (C=O) groups excluding carboxylic acids is 2. The Kier molecular flexibility index (Phi) is 6.16. The molecular formula is C17H22O5. The summed E-state index contributed by atoms with van der Waals surface area (Å²) >= 11 is 0. The molecule has 120 valence electrons. The van der Waals surface area contributed by atoms with Crippen LogP contribution in [0.15, 0.2) is 29.5 Å². The minimum absolute atomic E-state index is 0.376. The highest BCUT2D eigenvalue weighted by Gasteiger charge is 2.27. The Morgan fingerprint density at radius 2 is 1.91 bits per heavy atom. The zero-order chi connectivity index (χ0) is 16.9. The van der Waals surface area contributed by atoms with Crippen LogP contribution >= 0.6 is 0 Å². The van der Waals surface area contributed by atoms with Gasteiger partial charge in [-0.3, -0.25) is 4.79 Å². The maximum absolute atomic E-state index is 11.7. The summed E-state index contributed by atoms with van der Waals surface area (Å²) in [5.41, 5.74) is 1.63. The van der Waals surface area contributed by atoms with Gasteiger partial charge in [0.25, 0.3) is 0 Å². The maximum Gasteiger partial charge on any atom is 0.345 e. The van der Waals surface area contributed by atoms with Gasteiger partial charge in [-0.2, -0.15) is 0 Å². The van der Waals surface area contributed by atoms with E-state index in [-0.39, 0.29) is 5.57 Å². The number of benzene rings is 1. The normalized spacial score (nSPS) is 13.1. The molecule has 0 saturated carbocycles. The third-order valence-electron chi connectivity index (χ3n) is 3.27. The predicted octanol–water partition coefficient (Wildman–Crippen LogP) is 3.03. The number of aliphatic hydroxyl groups is 1. The molecule has 0 amide bonds. The highest BCUT2D eigenvalue weighted by atomic mass is 16.5. The molecule has 0 saturated heterocycles. The summed E-state index contributed by atoms with van der Waals surface area (Å²) in [5, 5.41) is 10.3. The van der Waals surface area contributed by atoms with Gasteiger partial charge in [-0.15, -0.1) is 0 Å². The molecule has 5 nitrogen and oxygen atoms in total. The first-order valence-electron chi connectivity index (χ1n) is 7.08. The quantitative estimate of drug-likeness (QED) is 0.287. The van der Waals surface area contributed by atoms with Crippen LogP contribution in [0.3, 0.4) is 0 Å². The van der Waals surface area contributed by atoms with E-state index in [9.17, 15) is 14.7 Å². The molecule has 0 aliphatic carbocycles. The second kappa shape index (κ2) is 7.64. The summed E-state index contributed by atoms with van der Waals surface area (Å²) in [7, 11) is 1.16. The van der Waals surface area contributed by atoms with Crippen molar-refractivity contribution >= 4 is 11.8 Å². The highest BCUT2D eigenvalue weighted by Crippen LogP contribution is 2.24. The van der Waals surface area contributed by atoms with Crippen LogP contribution in [0.1, 0.15) is 31.4 Å². The first-order valence-corrected chi connectivity index (χ1v) is 7.08. The van der Waals surface area contributed by atoms with Crippen molar-refractivity contribution in [3.8, 4) is 5.75 Å². The van der Waals surface area contributed by atoms with Crippen LogP contribution in [0.25, 0.3) is 0 Å². The molecule has 1 N–H and O–H groups in total. The Labute approximate surface area is 130 Å². The number of ketones is 1. The van der Waals surface area contributed by atoms with Crippen molar-refractivity contribution in [3.05, 3.63) is 40.7 Å². The predicted molar refractivity (Wildman–Crippen MR) is 83.0 cm³/mol. The van der Waals surface area contributed by atoms with Crippen molar-refractivity contribution in [2.24, 2.45) is 0 Å². The van der Waals surface area contributed by atoms with Crippen molar-refractivity contribution in [3.63, 3.8) is 0 Å². The Bertz CT molecular complexity index is 601. The lowest BCUT2D eigenvalue weighted by Crippen LogP contribution is -2.25. The topological polar surface area (TPSA) is 72.8 Å². The third-order valence-corrected chi connectivity index (χ3v) is 3.27. The Morgan fingerprint density at radius 1 is 1.27 bits per heavy atom. The van der Waals surface area contributed by atoms with E-state index in [2.05, 4.69) is 4.74 Å². The zero-order valence-electron chi connectivity index (χ0n) is 13.6. The summed E-state index contributed by atoms with van der Waals surface area (Å²) in [5.74, 6) is -1.24. The number of methoxy groups -OCH3 is 1. The van der Waals surface area contributed by atoms with Crippen LogP contribution in [-0.4, -0.2) is 30.1 Å². The summed E-state index contributed by atoms with van der Waals surface area (Å²) in [6, 6.07) is 5.64. The van der Waals surface area contributed by atoms with E-state index in [0.717, 1.165) is 18.2 Å².